The SMILES string of the molecule is C#CCN(Cc1nnc(-c2ccc(Cl)cc2Cl)o1)C1CCS(=O)(=O)C1. The Bertz CT molecular complexity index is 921. The molecular weight excluding hydrogens is 385 g/mol. The van der Waals surface area contributed by atoms with Crippen molar-refractivity contribution in [2.75, 3.05) is 18.1 Å². The second-order valence-corrected chi connectivity index (χ2v) is 8.86. The number of rotatable bonds is 5. The van der Waals surface area contributed by atoms with Crippen molar-refractivity contribution in [3.63, 3.8) is 0 Å². The van der Waals surface area contributed by atoms with Crippen molar-refractivity contribution in [2.45, 2.75) is 19.0 Å². The maximum Gasteiger partial charge on any atom is 0.249 e. The van der Waals surface area contributed by atoms with Crippen LogP contribution >= 0.6 is 23.2 Å². The molecule has 1 unspecified atom stereocenters. The molecule has 0 aliphatic carbocycles. The number of nitrogens with zero attached hydrogens (tertiary/aromatic N) is 3. The van der Waals surface area contributed by atoms with Gasteiger partial charge >= 0.3 is 0 Å². The lowest BCUT2D eigenvalue weighted by molar-refractivity contribution is 0.209. The van der Waals surface area contributed by atoms with Crippen molar-refractivity contribution in [1.82, 2.24) is 15.1 Å². The molecule has 0 saturated carbocycles. The van der Waals surface area contributed by atoms with Gasteiger partial charge in [0.15, 0.2) is 9.84 Å². The minimum absolute atomic E-state index is 0.0959. The van der Waals surface area contributed by atoms with Gasteiger partial charge in [-0.05, 0) is 24.6 Å². The molecule has 132 valence electrons. The second kappa shape index (κ2) is 7.34. The average Bonchev–Trinajstić information content (AvgIpc) is 3.13. The van der Waals surface area contributed by atoms with Crippen LogP contribution in [-0.4, -0.2) is 47.6 Å². The monoisotopic (exact) mass is 399 g/mol. The smallest absolute Gasteiger partial charge is 0.249 e. The van der Waals surface area contributed by atoms with E-state index < -0.39 is 9.84 Å². The maximum atomic E-state index is 11.7. The first-order valence-electron chi connectivity index (χ1n) is 7.54. The predicted molar refractivity (Wildman–Crippen MR) is 96.1 cm³/mol. The Morgan fingerprint density at radius 3 is 2.80 bits per heavy atom. The van der Waals surface area contributed by atoms with E-state index in [-0.39, 0.29) is 30.0 Å². The summed E-state index contributed by atoms with van der Waals surface area (Å²) in [5, 5.41) is 8.94. The van der Waals surface area contributed by atoms with Gasteiger partial charge in [-0.1, -0.05) is 29.1 Å². The van der Waals surface area contributed by atoms with Crippen LogP contribution in [0.1, 0.15) is 12.3 Å². The van der Waals surface area contributed by atoms with Crippen molar-refractivity contribution in [1.29, 1.82) is 0 Å². The fourth-order valence-corrected chi connectivity index (χ4v) is 5.01. The summed E-state index contributed by atoms with van der Waals surface area (Å²) in [5.74, 6) is 3.44. The molecule has 1 aromatic carbocycles. The molecule has 1 saturated heterocycles. The molecule has 1 aromatic heterocycles. The quantitative estimate of drug-likeness (QED) is 0.719. The zero-order valence-corrected chi connectivity index (χ0v) is 15.5. The molecule has 1 aliphatic rings. The Morgan fingerprint density at radius 2 is 2.16 bits per heavy atom. The summed E-state index contributed by atoms with van der Waals surface area (Å²) in [7, 11) is -3.01. The first kappa shape index (κ1) is 18.2. The van der Waals surface area contributed by atoms with Gasteiger partial charge in [0.25, 0.3) is 0 Å². The summed E-state index contributed by atoms with van der Waals surface area (Å²) < 4.78 is 29.1. The summed E-state index contributed by atoms with van der Waals surface area (Å²) in [6.45, 7) is 0.586. The van der Waals surface area contributed by atoms with E-state index in [0.29, 0.717) is 34.5 Å². The normalized spacial score (nSPS) is 19.2. The van der Waals surface area contributed by atoms with Gasteiger partial charge in [-0.3, -0.25) is 4.90 Å². The molecule has 1 atom stereocenters. The number of hydrogen-bond acceptors (Lipinski definition) is 6. The third-order valence-corrected chi connectivity index (χ3v) is 6.28. The van der Waals surface area contributed by atoms with Gasteiger partial charge in [0.1, 0.15) is 0 Å². The zero-order chi connectivity index (χ0) is 18.0. The highest BCUT2D eigenvalue weighted by Crippen LogP contribution is 2.29. The highest BCUT2D eigenvalue weighted by Gasteiger charge is 2.32. The van der Waals surface area contributed by atoms with Crippen molar-refractivity contribution in [3.8, 4) is 23.8 Å². The average molecular weight is 400 g/mol. The largest absolute Gasteiger partial charge is 0.419 e. The van der Waals surface area contributed by atoms with Crippen LogP contribution in [0.15, 0.2) is 22.6 Å². The first-order valence-corrected chi connectivity index (χ1v) is 10.1. The van der Waals surface area contributed by atoms with E-state index in [2.05, 4.69) is 16.1 Å². The molecule has 6 nitrogen and oxygen atoms in total. The van der Waals surface area contributed by atoms with Crippen molar-refractivity contribution in [3.05, 3.63) is 34.1 Å². The van der Waals surface area contributed by atoms with E-state index in [1.165, 1.54) is 0 Å². The van der Waals surface area contributed by atoms with Gasteiger partial charge in [0, 0.05) is 11.1 Å². The highest BCUT2D eigenvalue weighted by molar-refractivity contribution is 7.91. The maximum absolute atomic E-state index is 11.7. The highest BCUT2D eigenvalue weighted by atomic mass is 35.5. The van der Waals surface area contributed by atoms with Gasteiger partial charge in [-0.15, -0.1) is 16.6 Å². The summed E-state index contributed by atoms with van der Waals surface area (Å²) in [6, 6.07) is 4.83. The lowest BCUT2D eigenvalue weighted by Crippen LogP contribution is -2.36. The molecular formula is C16H15Cl2N3O3S. The molecule has 25 heavy (non-hydrogen) atoms. The van der Waals surface area contributed by atoms with E-state index >= 15 is 0 Å². The zero-order valence-electron chi connectivity index (χ0n) is 13.2. The number of benzene rings is 1. The molecule has 2 heterocycles. The topological polar surface area (TPSA) is 76.3 Å². The number of sulfone groups is 1. The molecule has 1 fully saturated rings. The standard InChI is InChI=1S/C16H15Cl2N3O3S/c1-2-6-21(12-5-7-25(22,23)10-12)9-15-19-20-16(24-15)13-4-3-11(17)8-14(13)18/h1,3-4,8,12H,5-7,9-10H2. The predicted octanol–water partition coefficient (Wildman–Crippen LogP) is 2.67. The molecule has 2 aromatic rings. The molecule has 9 heteroatoms. The van der Waals surface area contributed by atoms with Crippen LogP contribution < -0.4 is 0 Å². The fraction of sp³-hybridized carbons (Fsp3) is 0.375. The van der Waals surface area contributed by atoms with Gasteiger partial charge in [0.05, 0.1) is 35.2 Å². The minimum Gasteiger partial charge on any atom is -0.419 e. The molecule has 0 spiro atoms. The van der Waals surface area contributed by atoms with Gasteiger partial charge < -0.3 is 4.42 Å². The summed E-state index contributed by atoms with van der Waals surface area (Å²) >= 11 is 12.0. The van der Waals surface area contributed by atoms with Crippen LogP contribution in [-0.2, 0) is 16.4 Å². The van der Waals surface area contributed by atoms with Gasteiger partial charge in [0.2, 0.25) is 11.8 Å². The van der Waals surface area contributed by atoms with E-state index in [4.69, 9.17) is 34.0 Å². The van der Waals surface area contributed by atoms with Crippen LogP contribution in [0.4, 0.5) is 0 Å². The van der Waals surface area contributed by atoms with Crippen LogP contribution in [0.25, 0.3) is 11.5 Å². The Kier molecular flexibility index (Phi) is 5.35. The Balaban J connectivity index is 1.78. The van der Waals surface area contributed by atoms with E-state index in [0.717, 1.165) is 0 Å². The summed E-state index contributed by atoms with van der Waals surface area (Å²) in [4.78, 5) is 1.87. The minimum atomic E-state index is -3.01. The van der Waals surface area contributed by atoms with Crippen LogP contribution in [0.5, 0.6) is 0 Å². The molecule has 0 amide bonds. The fourth-order valence-electron chi connectivity index (χ4n) is 2.76. The lowest BCUT2D eigenvalue weighted by Gasteiger charge is -2.23. The van der Waals surface area contributed by atoms with Gasteiger partial charge in [-0.2, -0.15) is 0 Å². The molecule has 0 bridgehead atoms. The number of hydrogen-bond donors (Lipinski definition) is 0. The van der Waals surface area contributed by atoms with Crippen molar-refractivity contribution in [2.24, 2.45) is 0 Å². The Morgan fingerprint density at radius 1 is 1.36 bits per heavy atom. The molecule has 0 N–H and O–H groups in total. The summed E-state index contributed by atoms with van der Waals surface area (Å²) in [6.07, 6.45) is 5.96. The molecule has 3 rings (SSSR count). The van der Waals surface area contributed by atoms with E-state index in [1.54, 1.807) is 18.2 Å². The lowest BCUT2D eigenvalue weighted by atomic mass is 10.2. The van der Waals surface area contributed by atoms with Gasteiger partial charge in [-0.25, -0.2) is 8.42 Å². The number of halogens is 2. The first-order chi connectivity index (χ1) is 11.9. The van der Waals surface area contributed by atoms with Crippen LogP contribution in [0.3, 0.4) is 0 Å². The van der Waals surface area contributed by atoms with E-state index in [1.807, 2.05) is 4.90 Å². The van der Waals surface area contributed by atoms with Crippen molar-refractivity contribution < 1.29 is 12.8 Å². The molecule has 0 radical (unpaired) electrons. The van der Waals surface area contributed by atoms with Crippen molar-refractivity contribution >= 4 is 33.0 Å². The third-order valence-electron chi connectivity index (χ3n) is 3.99. The Labute approximate surface area is 156 Å². The summed E-state index contributed by atoms with van der Waals surface area (Å²) in [5.41, 5.74) is 0.580. The molecule has 1 aliphatic heterocycles. The van der Waals surface area contributed by atoms with Crippen LogP contribution in [0, 0.1) is 12.3 Å². The number of aromatic nitrogens is 2. The van der Waals surface area contributed by atoms with E-state index in [9.17, 15) is 8.42 Å². The second-order valence-electron chi connectivity index (χ2n) is 5.79. The third kappa shape index (κ3) is 4.33. The van der Waals surface area contributed by atoms with Crippen LogP contribution in [0.2, 0.25) is 10.0 Å². The Hall–Kier alpha value is -1.59. The number of terminal acetylenes is 1.